The smallest absolute Gasteiger partial charge is 0.242 e. The fourth-order valence-corrected chi connectivity index (χ4v) is 2.80. The molecule has 0 unspecified atom stereocenters. The van der Waals surface area contributed by atoms with E-state index in [0.29, 0.717) is 19.6 Å². The molecule has 0 spiro atoms. The van der Waals surface area contributed by atoms with Crippen molar-refractivity contribution in [3.8, 4) is 11.8 Å². The molecule has 1 aromatic rings. The van der Waals surface area contributed by atoms with Gasteiger partial charge in [-0.3, -0.25) is 0 Å². The maximum atomic E-state index is 12.3. The Morgan fingerprint density at radius 3 is 2.50 bits per heavy atom. The predicted octanol–water partition coefficient (Wildman–Crippen LogP) is 0.654. The Bertz CT molecular complexity index is 571. The SMILES string of the molecule is COCCCN(C)S(=O)(=O)c1ccc(C#CCN)cc1. The van der Waals surface area contributed by atoms with Crippen LogP contribution in [-0.2, 0) is 14.8 Å². The molecule has 0 aromatic heterocycles. The van der Waals surface area contributed by atoms with E-state index in [-0.39, 0.29) is 11.4 Å². The summed E-state index contributed by atoms with van der Waals surface area (Å²) in [6.07, 6.45) is 0.659. The van der Waals surface area contributed by atoms with Crippen LogP contribution in [0.1, 0.15) is 12.0 Å². The Hall–Kier alpha value is -1.39. The van der Waals surface area contributed by atoms with Crippen molar-refractivity contribution in [2.75, 3.05) is 33.9 Å². The van der Waals surface area contributed by atoms with Crippen LogP contribution >= 0.6 is 0 Å². The molecular formula is C14H20N2O3S. The summed E-state index contributed by atoms with van der Waals surface area (Å²) in [5, 5.41) is 0. The van der Waals surface area contributed by atoms with Crippen molar-refractivity contribution in [3.05, 3.63) is 29.8 Å². The zero-order chi connectivity index (χ0) is 15.0. The van der Waals surface area contributed by atoms with Gasteiger partial charge in [-0.25, -0.2) is 12.7 Å². The minimum atomic E-state index is -3.45. The number of nitrogens with two attached hydrogens (primary N) is 1. The number of methoxy groups -OCH3 is 1. The molecule has 0 fully saturated rings. The lowest BCUT2D eigenvalue weighted by molar-refractivity contribution is 0.189. The molecule has 0 amide bonds. The number of rotatable bonds is 6. The lowest BCUT2D eigenvalue weighted by Gasteiger charge is -2.16. The summed E-state index contributed by atoms with van der Waals surface area (Å²) < 4.78 is 30.8. The van der Waals surface area contributed by atoms with E-state index in [0.717, 1.165) is 5.56 Å². The van der Waals surface area contributed by atoms with Gasteiger partial charge in [-0.2, -0.15) is 0 Å². The van der Waals surface area contributed by atoms with Crippen LogP contribution in [0.3, 0.4) is 0 Å². The van der Waals surface area contributed by atoms with Crippen molar-refractivity contribution in [2.24, 2.45) is 5.73 Å². The lowest BCUT2D eigenvalue weighted by Crippen LogP contribution is -2.28. The van der Waals surface area contributed by atoms with E-state index in [1.165, 1.54) is 4.31 Å². The number of ether oxygens (including phenoxy) is 1. The molecule has 0 bridgehead atoms. The van der Waals surface area contributed by atoms with Crippen LogP contribution in [0.25, 0.3) is 0 Å². The van der Waals surface area contributed by atoms with Crippen molar-refractivity contribution in [3.63, 3.8) is 0 Å². The van der Waals surface area contributed by atoms with Crippen molar-refractivity contribution in [1.82, 2.24) is 4.31 Å². The molecule has 0 heterocycles. The summed E-state index contributed by atoms with van der Waals surface area (Å²) >= 11 is 0. The van der Waals surface area contributed by atoms with Gasteiger partial charge in [0.05, 0.1) is 11.4 Å². The molecule has 0 aliphatic rings. The Balaban J connectivity index is 2.81. The predicted molar refractivity (Wildman–Crippen MR) is 78.7 cm³/mol. The van der Waals surface area contributed by atoms with Gasteiger partial charge in [-0.05, 0) is 30.7 Å². The summed E-state index contributed by atoms with van der Waals surface area (Å²) in [4.78, 5) is 0.260. The summed E-state index contributed by atoms with van der Waals surface area (Å²) in [6.45, 7) is 1.24. The first kappa shape index (κ1) is 16.7. The van der Waals surface area contributed by atoms with E-state index in [1.54, 1.807) is 38.4 Å². The van der Waals surface area contributed by atoms with Gasteiger partial charge in [-0.15, -0.1) is 0 Å². The second kappa shape index (κ2) is 8.02. The van der Waals surface area contributed by atoms with Crippen LogP contribution in [-0.4, -0.2) is 46.6 Å². The largest absolute Gasteiger partial charge is 0.385 e. The zero-order valence-corrected chi connectivity index (χ0v) is 12.6. The van der Waals surface area contributed by atoms with Gasteiger partial charge in [0.15, 0.2) is 0 Å². The molecule has 0 aliphatic carbocycles. The molecule has 2 N–H and O–H groups in total. The van der Waals surface area contributed by atoms with Crippen molar-refractivity contribution >= 4 is 10.0 Å². The molecule has 0 aliphatic heterocycles. The van der Waals surface area contributed by atoms with E-state index >= 15 is 0 Å². The molecule has 5 nitrogen and oxygen atoms in total. The third-order valence-electron chi connectivity index (χ3n) is 2.72. The topological polar surface area (TPSA) is 72.6 Å². The highest BCUT2D eigenvalue weighted by molar-refractivity contribution is 7.89. The monoisotopic (exact) mass is 296 g/mol. The first-order chi connectivity index (χ1) is 9.52. The highest BCUT2D eigenvalue weighted by Crippen LogP contribution is 2.15. The summed E-state index contributed by atoms with van der Waals surface area (Å²) in [5.74, 6) is 5.58. The van der Waals surface area contributed by atoms with Crippen LogP contribution in [0.5, 0.6) is 0 Å². The summed E-state index contributed by atoms with van der Waals surface area (Å²) in [5.41, 5.74) is 6.03. The highest BCUT2D eigenvalue weighted by atomic mass is 32.2. The second-order valence-corrected chi connectivity index (χ2v) is 6.25. The van der Waals surface area contributed by atoms with Crippen LogP contribution in [0.4, 0.5) is 0 Å². The molecule has 0 saturated carbocycles. The van der Waals surface area contributed by atoms with E-state index < -0.39 is 10.0 Å². The van der Waals surface area contributed by atoms with E-state index in [1.807, 2.05) is 0 Å². The second-order valence-electron chi connectivity index (χ2n) is 4.20. The van der Waals surface area contributed by atoms with Crippen molar-refractivity contribution < 1.29 is 13.2 Å². The number of benzene rings is 1. The molecule has 1 aromatic carbocycles. The van der Waals surface area contributed by atoms with Crippen LogP contribution in [0.15, 0.2) is 29.2 Å². The highest BCUT2D eigenvalue weighted by Gasteiger charge is 2.19. The fraction of sp³-hybridized carbons (Fsp3) is 0.429. The van der Waals surface area contributed by atoms with Gasteiger partial charge in [-0.1, -0.05) is 11.8 Å². The zero-order valence-electron chi connectivity index (χ0n) is 11.8. The van der Waals surface area contributed by atoms with Gasteiger partial charge < -0.3 is 10.5 Å². The minimum absolute atomic E-state index is 0.260. The normalized spacial score (nSPS) is 11.2. The van der Waals surface area contributed by atoms with Gasteiger partial charge >= 0.3 is 0 Å². The lowest BCUT2D eigenvalue weighted by atomic mass is 10.2. The Kier molecular flexibility index (Phi) is 6.68. The quantitative estimate of drug-likeness (QED) is 0.618. The third-order valence-corrected chi connectivity index (χ3v) is 4.59. The van der Waals surface area contributed by atoms with Crippen molar-refractivity contribution in [1.29, 1.82) is 0 Å². The van der Waals surface area contributed by atoms with Gasteiger partial charge in [0.1, 0.15) is 0 Å². The first-order valence-corrected chi connectivity index (χ1v) is 7.70. The maximum absolute atomic E-state index is 12.3. The van der Waals surface area contributed by atoms with E-state index in [4.69, 9.17) is 10.5 Å². The third kappa shape index (κ3) is 4.62. The summed E-state index contributed by atoms with van der Waals surface area (Å²) in [6, 6.07) is 6.47. The fourth-order valence-electron chi connectivity index (χ4n) is 1.60. The number of hydrogen-bond donors (Lipinski definition) is 1. The average molecular weight is 296 g/mol. The Labute approximate surface area is 120 Å². The molecule has 0 radical (unpaired) electrons. The van der Waals surface area contributed by atoms with Gasteiger partial charge in [0, 0.05) is 32.9 Å². The van der Waals surface area contributed by atoms with Crippen LogP contribution in [0, 0.1) is 11.8 Å². The summed E-state index contributed by atoms with van der Waals surface area (Å²) in [7, 11) is -0.296. The number of hydrogen-bond acceptors (Lipinski definition) is 4. The van der Waals surface area contributed by atoms with Crippen LogP contribution < -0.4 is 5.73 Å². The van der Waals surface area contributed by atoms with Gasteiger partial charge in [0.25, 0.3) is 0 Å². The molecule has 0 saturated heterocycles. The van der Waals surface area contributed by atoms with Gasteiger partial charge in [0.2, 0.25) is 10.0 Å². The Morgan fingerprint density at radius 1 is 1.30 bits per heavy atom. The number of nitrogens with zero attached hydrogens (tertiary/aromatic N) is 1. The van der Waals surface area contributed by atoms with E-state index in [2.05, 4.69) is 11.8 Å². The Morgan fingerprint density at radius 2 is 1.95 bits per heavy atom. The maximum Gasteiger partial charge on any atom is 0.242 e. The minimum Gasteiger partial charge on any atom is -0.385 e. The molecule has 110 valence electrons. The standard InChI is InChI=1S/C14H20N2O3S/c1-16(11-4-12-19-2)20(17,18)14-8-6-13(7-9-14)5-3-10-15/h6-9H,4,10-12,15H2,1-2H3. The molecule has 0 atom stereocenters. The average Bonchev–Trinajstić information content (AvgIpc) is 2.45. The number of sulfonamides is 1. The molecular weight excluding hydrogens is 276 g/mol. The first-order valence-electron chi connectivity index (χ1n) is 6.26. The molecule has 1 rings (SSSR count). The van der Waals surface area contributed by atoms with E-state index in [9.17, 15) is 8.42 Å². The molecule has 6 heteroatoms. The van der Waals surface area contributed by atoms with Crippen molar-refractivity contribution in [2.45, 2.75) is 11.3 Å². The van der Waals surface area contributed by atoms with Crippen LogP contribution in [0.2, 0.25) is 0 Å². The molecule has 20 heavy (non-hydrogen) atoms.